The van der Waals surface area contributed by atoms with E-state index in [2.05, 4.69) is 20.5 Å². The van der Waals surface area contributed by atoms with E-state index >= 15 is 0 Å². The Balaban J connectivity index is 2.64. The Morgan fingerprint density at radius 1 is 1.21 bits per heavy atom. The number of halogens is 1. The van der Waals surface area contributed by atoms with Crippen LogP contribution in [-0.2, 0) is 4.74 Å². The summed E-state index contributed by atoms with van der Waals surface area (Å²) < 4.78 is 18.5. The SMILES string of the molecule is CCNC(=NCC(c1ccc(F)cc1)N(C)C)NCCCOCC. The van der Waals surface area contributed by atoms with Crippen LogP contribution in [0.4, 0.5) is 4.39 Å². The number of guanidine groups is 1. The molecule has 24 heavy (non-hydrogen) atoms. The number of benzene rings is 1. The van der Waals surface area contributed by atoms with E-state index in [0.29, 0.717) is 6.54 Å². The lowest BCUT2D eigenvalue weighted by Crippen LogP contribution is -2.38. The average molecular weight is 338 g/mol. The molecule has 0 aliphatic carbocycles. The number of nitrogens with one attached hydrogen (secondary N) is 2. The van der Waals surface area contributed by atoms with Crippen LogP contribution in [0.3, 0.4) is 0 Å². The van der Waals surface area contributed by atoms with Gasteiger partial charge in [0.25, 0.3) is 0 Å². The van der Waals surface area contributed by atoms with Crippen molar-refractivity contribution in [3.05, 3.63) is 35.6 Å². The number of nitrogens with zero attached hydrogens (tertiary/aromatic N) is 2. The minimum Gasteiger partial charge on any atom is -0.382 e. The largest absolute Gasteiger partial charge is 0.382 e. The zero-order valence-electron chi connectivity index (χ0n) is 15.3. The van der Waals surface area contributed by atoms with Crippen LogP contribution in [0.2, 0.25) is 0 Å². The van der Waals surface area contributed by atoms with Crippen molar-refractivity contribution in [3.8, 4) is 0 Å². The lowest BCUT2D eigenvalue weighted by Gasteiger charge is -2.23. The molecule has 0 saturated carbocycles. The zero-order chi connectivity index (χ0) is 17.8. The van der Waals surface area contributed by atoms with Gasteiger partial charge in [-0.3, -0.25) is 4.99 Å². The highest BCUT2D eigenvalue weighted by Gasteiger charge is 2.14. The predicted octanol–water partition coefficient (Wildman–Crippen LogP) is 2.41. The quantitative estimate of drug-likeness (QED) is 0.391. The molecule has 0 saturated heterocycles. The van der Waals surface area contributed by atoms with E-state index in [-0.39, 0.29) is 11.9 Å². The molecular weight excluding hydrogens is 307 g/mol. The molecule has 0 aromatic heterocycles. The Kier molecular flexibility index (Phi) is 10.0. The summed E-state index contributed by atoms with van der Waals surface area (Å²) >= 11 is 0. The number of likely N-dealkylation sites (N-methyl/N-ethyl adjacent to an activating group) is 1. The van der Waals surface area contributed by atoms with Crippen molar-refractivity contribution in [2.45, 2.75) is 26.3 Å². The number of aliphatic imine (C=N–C) groups is 1. The second-order valence-corrected chi connectivity index (χ2v) is 5.73. The highest BCUT2D eigenvalue weighted by Crippen LogP contribution is 2.18. The maximum absolute atomic E-state index is 13.1. The second-order valence-electron chi connectivity index (χ2n) is 5.73. The highest BCUT2D eigenvalue weighted by atomic mass is 19.1. The van der Waals surface area contributed by atoms with Crippen LogP contribution in [0.15, 0.2) is 29.3 Å². The van der Waals surface area contributed by atoms with E-state index in [1.165, 1.54) is 12.1 Å². The van der Waals surface area contributed by atoms with E-state index < -0.39 is 0 Å². The van der Waals surface area contributed by atoms with E-state index in [1.54, 1.807) is 0 Å². The molecule has 0 fully saturated rings. The first-order chi connectivity index (χ1) is 11.6. The van der Waals surface area contributed by atoms with Crippen LogP contribution in [-0.4, -0.2) is 57.8 Å². The molecule has 1 aromatic carbocycles. The van der Waals surface area contributed by atoms with Gasteiger partial charge in [0.2, 0.25) is 0 Å². The lowest BCUT2D eigenvalue weighted by atomic mass is 10.1. The molecule has 1 unspecified atom stereocenters. The van der Waals surface area contributed by atoms with Crippen molar-refractivity contribution in [2.75, 3.05) is 46.9 Å². The first-order valence-electron chi connectivity index (χ1n) is 8.60. The summed E-state index contributed by atoms with van der Waals surface area (Å²) in [5, 5.41) is 6.56. The molecule has 0 heterocycles. The van der Waals surface area contributed by atoms with E-state index in [9.17, 15) is 4.39 Å². The third-order valence-electron chi connectivity index (χ3n) is 3.61. The Morgan fingerprint density at radius 3 is 2.50 bits per heavy atom. The van der Waals surface area contributed by atoms with Crippen molar-refractivity contribution >= 4 is 5.96 Å². The Hall–Kier alpha value is -1.66. The van der Waals surface area contributed by atoms with Gasteiger partial charge in [-0.2, -0.15) is 0 Å². The average Bonchev–Trinajstić information content (AvgIpc) is 2.56. The summed E-state index contributed by atoms with van der Waals surface area (Å²) in [4.78, 5) is 6.76. The molecule has 2 N–H and O–H groups in total. The van der Waals surface area contributed by atoms with E-state index in [1.807, 2.05) is 40.1 Å². The third kappa shape index (κ3) is 7.75. The topological polar surface area (TPSA) is 48.9 Å². The Morgan fingerprint density at radius 2 is 1.92 bits per heavy atom. The maximum atomic E-state index is 13.1. The van der Waals surface area contributed by atoms with Crippen molar-refractivity contribution in [1.82, 2.24) is 15.5 Å². The summed E-state index contributed by atoms with van der Waals surface area (Å²) in [6.07, 6.45) is 0.938. The molecule has 136 valence electrons. The second kappa shape index (κ2) is 11.8. The van der Waals surface area contributed by atoms with Crippen LogP contribution in [0.5, 0.6) is 0 Å². The van der Waals surface area contributed by atoms with E-state index in [4.69, 9.17) is 4.74 Å². The van der Waals surface area contributed by atoms with Gasteiger partial charge in [-0.25, -0.2) is 4.39 Å². The zero-order valence-corrected chi connectivity index (χ0v) is 15.3. The summed E-state index contributed by atoms with van der Waals surface area (Å²) in [6, 6.07) is 6.72. The molecule has 1 rings (SSSR count). The van der Waals surface area contributed by atoms with Gasteiger partial charge in [0.1, 0.15) is 5.82 Å². The summed E-state index contributed by atoms with van der Waals surface area (Å²) in [7, 11) is 4.01. The first-order valence-corrected chi connectivity index (χ1v) is 8.60. The van der Waals surface area contributed by atoms with Gasteiger partial charge in [-0.15, -0.1) is 0 Å². The summed E-state index contributed by atoms with van der Waals surface area (Å²) in [6.45, 7) is 7.75. The summed E-state index contributed by atoms with van der Waals surface area (Å²) in [5.41, 5.74) is 1.05. The molecule has 6 heteroatoms. The predicted molar refractivity (Wildman–Crippen MR) is 97.9 cm³/mol. The Labute approximate surface area is 145 Å². The first kappa shape index (κ1) is 20.4. The van der Waals surface area contributed by atoms with Gasteiger partial charge >= 0.3 is 0 Å². The normalized spacial score (nSPS) is 13.2. The monoisotopic (exact) mass is 338 g/mol. The molecule has 0 amide bonds. The fourth-order valence-corrected chi connectivity index (χ4v) is 2.30. The van der Waals surface area contributed by atoms with Gasteiger partial charge in [-0.1, -0.05) is 12.1 Å². The van der Waals surface area contributed by atoms with Crippen molar-refractivity contribution in [3.63, 3.8) is 0 Å². The molecule has 0 aliphatic rings. The van der Waals surface area contributed by atoms with Gasteiger partial charge in [0.15, 0.2) is 5.96 Å². The van der Waals surface area contributed by atoms with E-state index in [0.717, 1.165) is 44.2 Å². The summed E-state index contributed by atoms with van der Waals surface area (Å²) in [5.74, 6) is 0.576. The number of hydrogen-bond acceptors (Lipinski definition) is 3. The molecule has 1 atom stereocenters. The van der Waals surface area contributed by atoms with Crippen molar-refractivity contribution < 1.29 is 9.13 Å². The third-order valence-corrected chi connectivity index (χ3v) is 3.61. The van der Waals surface area contributed by atoms with Crippen molar-refractivity contribution in [2.24, 2.45) is 4.99 Å². The maximum Gasteiger partial charge on any atom is 0.191 e. The smallest absolute Gasteiger partial charge is 0.191 e. The van der Waals surface area contributed by atoms with Gasteiger partial charge in [0.05, 0.1) is 12.6 Å². The van der Waals surface area contributed by atoms with Gasteiger partial charge in [0, 0.05) is 26.3 Å². The minimum absolute atomic E-state index is 0.101. The molecule has 5 nitrogen and oxygen atoms in total. The van der Waals surface area contributed by atoms with Gasteiger partial charge < -0.3 is 20.3 Å². The molecule has 0 aliphatic heterocycles. The van der Waals surface area contributed by atoms with Crippen LogP contribution >= 0.6 is 0 Å². The highest BCUT2D eigenvalue weighted by molar-refractivity contribution is 5.79. The standard InChI is InChI=1S/C18H31FN4O/c1-5-20-18(21-12-7-13-24-6-2)22-14-17(23(3)4)15-8-10-16(19)11-9-15/h8-11,17H,5-7,12-14H2,1-4H3,(H2,20,21,22). The minimum atomic E-state index is -0.218. The van der Waals surface area contributed by atoms with Crippen molar-refractivity contribution in [1.29, 1.82) is 0 Å². The van der Waals surface area contributed by atoms with Crippen LogP contribution in [0.1, 0.15) is 31.9 Å². The fraction of sp³-hybridized carbons (Fsp3) is 0.611. The number of hydrogen-bond donors (Lipinski definition) is 2. The van der Waals surface area contributed by atoms with Crippen LogP contribution in [0.25, 0.3) is 0 Å². The molecule has 0 spiro atoms. The number of ether oxygens (including phenoxy) is 1. The van der Waals surface area contributed by atoms with Crippen LogP contribution in [0, 0.1) is 5.82 Å². The molecule has 0 bridgehead atoms. The van der Waals surface area contributed by atoms with Crippen LogP contribution < -0.4 is 10.6 Å². The molecule has 0 radical (unpaired) electrons. The fourth-order valence-electron chi connectivity index (χ4n) is 2.30. The van der Waals surface area contributed by atoms with Gasteiger partial charge in [-0.05, 0) is 52.1 Å². The lowest BCUT2D eigenvalue weighted by molar-refractivity contribution is 0.145. The number of rotatable bonds is 10. The molecule has 1 aromatic rings. The molecular formula is C18H31FN4O. The Bertz CT molecular complexity index is 476.